The van der Waals surface area contributed by atoms with E-state index in [4.69, 9.17) is 11.6 Å². The minimum absolute atomic E-state index is 0.0144. The van der Waals surface area contributed by atoms with Crippen molar-refractivity contribution in [3.05, 3.63) is 59.1 Å². The van der Waals surface area contributed by atoms with Gasteiger partial charge in [-0.2, -0.15) is 0 Å². The molecular formula is C14H15ClN2O4S2. The summed E-state index contributed by atoms with van der Waals surface area (Å²) in [4.78, 5) is 1.87. The predicted octanol–water partition coefficient (Wildman–Crippen LogP) is 2.16. The molecule has 0 fully saturated rings. The molecule has 2 aromatic rings. The topological polar surface area (TPSA) is 83.6 Å². The first kappa shape index (κ1) is 17.9. The highest BCUT2D eigenvalue weighted by molar-refractivity contribution is 7.92. The Labute approximate surface area is 140 Å². The fourth-order valence-electron chi connectivity index (χ4n) is 1.77. The molecule has 9 heteroatoms. The molecule has 124 valence electrons. The maximum absolute atomic E-state index is 12.4. The Hall–Kier alpha value is -1.45. The minimum Gasteiger partial charge on any atom is -0.206 e. The van der Waals surface area contributed by atoms with Gasteiger partial charge in [0.1, 0.15) is 0 Å². The van der Waals surface area contributed by atoms with E-state index in [0.717, 1.165) is 12.6 Å². The highest BCUT2D eigenvalue weighted by Gasteiger charge is 2.26. The average molecular weight is 375 g/mol. The second kappa shape index (κ2) is 6.58. The van der Waals surface area contributed by atoms with Gasteiger partial charge >= 0.3 is 0 Å². The number of nitrogens with one attached hydrogen (secondary N) is 1. The lowest BCUT2D eigenvalue weighted by Gasteiger charge is -2.18. The first-order valence-corrected chi connectivity index (χ1v) is 9.77. The van der Waals surface area contributed by atoms with Crippen LogP contribution < -0.4 is 4.83 Å². The molecule has 0 aliphatic rings. The van der Waals surface area contributed by atoms with Crippen molar-refractivity contribution in [3.63, 3.8) is 0 Å². The lowest BCUT2D eigenvalue weighted by atomic mass is 10.2. The molecule has 0 atom stereocenters. The zero-order valence-corrected chi connectivity index (χ0v) is 14.8. The van der Waals surface area contributed by atoms with E-state index in [2.05, 4.69) is 0 Å². The molecule has 0 amide bonds. The van der Waals surface area contributed by atoms with Crippen molar-refractivity contribution in [1.82, 2.24) is 9.25 Å². The van der Waals surface area contributed by atoms with Crippen LogP contribution in [-0.2, 0) is 20.0 Å². The number of aryl methyl sites for hydroxylation is 1. The zero-order valence-electron chi connectivity index (χ0n) is 12.4. The first-order chi connectivity index (χ1) is 10.6. The highest BCUT2D eigenvalue weighted by Crippen LogP contribution is 2.18. The highest BCUT2D eigenvalue weighted by atomic mass is 35.5. The average Bonchev–Trinajstić information content (AvgIpc) is 2.47. The van der Waals surface area contributed by atoms with Crippen molar-refractivity contribution in [1.29, 1.82) is 0 Å². The molecule has 0 aliphatic heterocycles. The molecule has 1 N–H and O–H groups in total. The van der Waals surface area contributed by atoms with E-state index in [1.54, 1.807) is 12.1 Å². The molecule has 0 radical (unpaired) electrons. The van der Waals surface area contributed by atoms with Crippen molar-refractivity contribution in [2.45, 2.75) is 16.7 Å². The Kier molecular flexibility index (Phi) is 5.12. The molecule has 0 aromatic heterocycles. The van der Waals surface area contributed by atoms with Crippen LogP contribution in [0.25, 0.3) is 0 Å². The summed E-state index contributed by atoms with van der Waals surface area (Å²) in [6.07, 6.45) is 0. The van der Waals surface area contributed by atoms with Crippen molar-refractivity contribution in [2.75, 3.05) is 7.05 Å². The van der Waals surface area contributed by atoms with Gasteiger partial charge in [0.15, 0.2) is 0 Å². The maximum atomic E-state index is 12.4. The Morgan fingerprint density at radius 1 is 0.957 bits per heavy atom. The Morgan fingerprint density at radius 2 is 1.57 bits per heavy atom. The summed E-state index contributed by atoms with van der Waals surface area (Å²) >= 11 is 5.76. The summed E-state index contributed by atoms with van der Waals surface area (Å²) in [5.41, 5.74) is 0.895. The van der Waals surface area contributed by atoms with E-state index in [0.29, 0.717) is 4.41 Å². The lowest BCUT2D eigenvalue weighted by Crippen LogP contribution is -2.43. The Balaban J connectivity index is 2.30. The van der Waals surface area contributed by atoms with Crippen LogP contribution in [0.5, 0.6) is 0 Å². The van der Waals surface area contributed by atoms with E-state index >= 15 is 0 Å². The van der Waals surface area contributed by atoms with Crippen LogP contribution >= 0.6 is 11.6 Å². The van der Waals surface area contributed by atoms with Crippen molar-refractivity contribution >= 4 is 31.6 Å². The Morgan fingerprint density at radius 3 is 2.13 bits per heavy atom. The van der Waals surface area contributed by atoms with E-state index in [1.165, 1.54) is 36.4 Å². The second-order valence-corrected chi connectivity index (χ2v) is 8.90. The van der Waals surface area contributed by atoms with Crippen LogP contribution in [-0.4, -0.2) is 28.3 Å². The van der Waals surface area contributed by atoms with Gasteiger partial charge in [-0.3, -0.25) is 0 Å². The third-order valence-corrected chi connectivity index (χ3v) is 6.45. The fraction of sp³-hybridized carbons (Fsp3) is 0.143. The monoisotopic (exact) mass is 374 g/mol. The van der Waals surface area contributed by atoms with Gasteiger partial charge < -0.3 is 0 Å². The summed E-state index contributed by atoms with van der Waals surface area (Å²) in [7, 11) is -6.94. The lowest BCUT2D eigenvalue weighted by molar-refractivity contribution is 0.432. The summed E-state index contributed by atoms with van der Waals surface area (Å²) in [5.74, 6) is 0. The van der Waals surface area contributed by atoms with Gasteiger partial charge in [0.05, 0.1) is 9.79 Å². The quantitative estimate of drug-likeness (QED) is 0.813. The van der Waals surface area contributed by atoms with Crippen molar-refractivity contribution in [2.24, 2.45) is 0 Å². The van der Waals surface area contributed by atoms with E-state index in [-0.39, 0.29) is 14.8 Å². The summed E-state index contributed by atoms with van der Waals surface area (Å²) in [5, 5.41) is 0.233. The molecule has 0 saturated carbocycles. The molecule has 23 heavy (non-hydrogen) atoms. The summed E-state index contributed by atoms with van der Waals surface area (Å²) in [6.45, 7) is 1.82. The molecule has 0 aliphatic carbocycles. The van der Waals surface area contributed by atoms with Crippen LogP contribution in [0.4, 0.5) is 0 Å². The largest absolute Gasteiger partial charge is 0.256 e. The Bertz CT molecular complexity index is 910. The SMILES string of the molecule is Cc1ccc(S(=O)(=O)N(C)NS(=O)(=O)c2cccc(Cl)c2)cc1. The fourth-order valence-corrected chi connectivity index (χ4v) is 4.50. The van der Waals surface area contributed by atoms with Gasteiger partial charge in [-0.05, 0) is 37.3 Å². The molecule has 0 heterocycles. The van der Waals surface area contributed by atoms with Gasteiger partial charge in [0.25, 0.3) is 20.0 Å². The standard InChI is InChI=1S/C14H15ClN2O4S2/c1-11-6-8-13(9-7-11)23(20,21)17(2)16-22(18,19)14-5-3-4-12(15)10-14/h3-10,16H,1-2H3. The molecule has 0 bridgehead atoms. The van der Waals surface area contributed by atoms with Crippen molar-refractivity contribution < 1.29 is 16.8 Å². The molecule has 0 unspecified atom stereocenters. The zero-order chi connectivity index (χ0) is 17.3. The summed E-state index contributed by atoms with van der Waals surface area (Å²) in [6, 6.07) is 11.6. The van der Waals surface area contributed by atoms with Gasteiger partial charge in [-0.15, -0.1) is 9.25 Å². The number of halogens is 1. The number of hydrogen-bond acceptors (Lipinski definition) is 4. The number of hydrazine groups is 1. The number of hydrogen-bond donors (Lipinski definition) is 1. The van der Waals surface area contributed by atoms with Gasteiger partial charge in [0.2, 0.25) is 0 Å². The second-order valence-electron chi connectivity index (χ2n) is 4.84. The van der Waals surface area contributed by atoms with E-state index in [9.17, 15) is 16.8 Å². The van der Waals surface area contributed by atoms with Crippen LogP contribution in [0.15, 0.2) is 58.3 Å². The molecule has 6 nitrogen and oxygen atoms in total. The van der Waals surface area contributed by atoms with Crippen LogP contribution in [0.1, 0.15) is 5.56 Å². The van der Waals surface area contributed by atoms with Crippen molar-refractivity contribution in [3.8, 4) is 0 Å². The van der Waals surface area contributed by atoms with Gasteiger partial charge in [-0.1, -0.05) is 35.4 Å². The van der Waals surface area contributed by atoms with E-state index < -0.39 is 20.0 Å². The third kappa shape index (κ3) is 4.10. The number of rotatable bonds is 5. The predicted molar refractivity (Wildman–Crippen MR) is 87.9 cm³/mol. The molecule has 2 rings (SSSR count). The number of benzene rings is 2. The van der Waals surface area contributed by atoms with Crippen LogP contribution in [0.2, 0.25) is 5.02 Å². The molecule has 2 aromatic carbocycles. The molecule has 0 spiro atoms. The normalized spacial score (nSPS) is 12.5. The smallest absolute Gasteiger partial charge is 0.206 e. The minimum atomic E-state index is -4.07. The molecule has 0 saturated heterocycles. The van der Waals surface area contributed by atoms with Crippen LogP contribution in [0.3, 0.4) is 0 Å². The molecular weight excluding hydrogens is 360 g/mol. The van der Waals surface area contributed by atoms with E-state index in [1.807, 2.05) is 11.8 Å². The van der Waals surface area contributed by atoms with Crippen LogP contribution in [0, 0.1) is 6.92 Å². The van der Waals surface area contributed by atoms with Gasteiger partial charge in [0, 0.05) is 12.1 Å². The first-order valence-electron chi connectivity index (χ1n) is 6.46. The number of nitrogens with zero attached hydrogens (tertiary/aromatic N) is 1. The number of sulfonamides is 2. The third-order valence-electron chi connectivity index (χ3n) is 3.03. The van der Waals surface area contributed by atoms with Gasteiger partial charge in [-0.25, -0.2) is 16.8 Å². The summed E-state index contributed by atoms with van der Waals surface area (Å²) < 4.78 is 49.9. The maximum Gasteiger partial charge on any atom is 0.256 e.